The predicted molar refractivity (Wildman–Crippen MR) is 121 cm³/mol. The van der Waals surface area contributed by atoms with Gasteiger partial charge in [-0.15, -0.1) is 35.3 Å². The molecular formula is C19H36IN3OS. The summed E-state index contributed by atoms with van der Waals surface area (Å²) in [4.78, 5) is 6.15. The standard InChI is InChI=1S/C19H35N3OS.HI/c1-6-20-18(21-13-16(9-10-23)12-15(2)3)22-14-19(4,5)17-8-7-11-24-17;/h7-8,11,15-16,23H,6,9-10,12-14H2,1-5H3,(H2,20,21,22);1H. The Hall–Kier alpha value is -0.340. The van der Waals surface area contributed by atoms with Crippen molar-refractivity contribution in [1.82, 2.24) is 10.6 Å². The summed E-state index contributed by atoms with van der Waals surface area (Å²) in [5, 5.41) is 18.2. The number of aliphatic imine (C=N–C) groups is 1. The smallest absolute Gasteiger partial charge is 0.191 e. The Morgan fingerprint density at radius 2 is 2.04 bits per heavy atom. The minimum absolute atomic E-state index is 0. The van der Waals surface area contributed by atoms with Crippen molar-refractivity contribution >= 4 is 41.3 Å². The van der Waals surface area contributed by atoms with E-state index >= 15 is 0 Å². The normalized spacial score (nSPS) is 13.5. The maximum atomic E-state index is 9.26. The van der Waals surface area contributed by atoms with Crippen molar-refractivity contribution in [3.05, 3.63) is 22.4 Å². The summed E-state index contributed by atoms with van der Waals surface area (Å²) in [7, 11) is 0. The zero-order valence-corrected chi connectivity index (χ0v) is 19.5. The van der Waals surface area contributed by atoms with Crippen molar-refractivity contribution < 1.29 is 5.11 Å². The SMILES string of the molecule is CCNC(=NCC(C)(C)c1cccs1)NCC(CCO)CC(C)C.I. The molecule has 1 atom stereocenters. The molecule has 4 nitrogen and oxygen atoms in total. The average Bonchev–Trinajstić information content (AvgIpc) is 3.05. The number of halogens is 1. The molecule has 1 rings (SSSR count). The Kier molecular flexibility index (Phi) is 12.7. The largest absolute Gasteiger partial charge is 0.396 e. The van der Waals surface area contributed by atoms with Crippen LogP contribution in [0, 0.1) is 11.8 Å². The molecule has 146 valence electrons. The van der Waals surface area contributed by atoms with Crippen LogP contribution in [0.15, 0.2) is 22.5 Å². The topological polar surface area (TPSA) is 56.7 Å². The monoisotopic (exact) mass is 481 g/mol. The number of nitrogens with zero attached hydrogens (tertiary/aromatic N) is 1. The van der Waals surface area contributed by atoms with E-state index in [1.165, 1.54) is 4.88 Å². The Morgan fingerprint density at radius 1 is 1.32 bits per heavy atom. The maximum Gasteiger partial charge on any atom is 0.191 e. The lowest BCUT2D eigenvalue weighted by atomic mass is 9.92. The number of thiophene rings is 1. The van der Waals surface area contributed by atoms with E-state index in [1.54, 1.807) is 11.3 Å². The molecule has 1 unspecified atom stereocenters. The summed E-state index contributed by atoms with van der Waals surface area (Å²) >= 11 is 1.79. The van der Waals surface area contributed by atoms with Crippen LogP contribution >= 0.6 is 35.3 Å². The zero-order valence-electron chi connectivity index (χ0n) is 16.3. The summed E-state index contributed by atoms with van der Waals surface area (Å²) in [6.45, 7) is 13.7. The van der Waals surface area contributed by atoms with Gasteiger partial charge in [-0.2, -0.15) is 0 Å². The number of hydrogen-bond acceptors (Lipinski definition) is 3. The van der Waals surface area contributed by atoms with Crippen LogP contribution in [0.25, 0.3) is 0 Å². The zero-order chi connectivity index (χ0) is 18.0. The molecule has 0 bridgehead atoms. The highest BCUT2D eigenvalue weighted by atomic mass is 127. The number of aliphatic hydroxyl groups excluding tert-OH is 1. The first-order valence-electron chi connectivity index (χ1n) is 9.06. The van der Waals surface area contributed by atoms with Crippen LogP contribution < -0.4 is 10.6 Å². The van der Waals surface area contributed by atoms with Crippen LogP contribution in [0.5, 0.6) is 0 Å². The van der Waals surface area contributed by atoms with Crippen LogP contribution in [0.2, 0.25) is 0 Å². The van der Waals surface area contributed by atoms with Gasteiger partial charge in [0.15, 0.2) is 5.96 Å². The molecule has 0 aromatic carbocycles. The van der Waals surface area contributed by atoms with E-state index in [2.05, 4.69) is 62.8 Å². The highest BCUT2D eigenvalue weighted by molar-refractivity contribution is 14.0. The lowest BCUT2D eigenvalue weighted by molar-refractivity contribution is 0.243. The number of rotatable bonds is 10. The van der Waals surface area contributed by atoms with Crippen LogP contribution in [-0.2, 0) is 5.41 Å². The Morgan fingerprint density at radius 3 is 2.56 bits per heavy atom. The van der Waals surface area contributed by atoms with E-state index in [0.29, 0.717) is 11.8 Å². The van der Waals surface area contributed by atoms with E-state index in [1.807, 2.05) is 0 Å². The molecule has 0 fully saturated rings. The Labute approximate surface area is 174 Å². The number of nitrogens with one attached hydrogen (secondary N) is 2. The lowest BCUT2D eigenvalue weighted by Gasteiger charge is -2.23. The van der Waals surface area contributed by atoms with Gasteiger partial charge in [-0.05, 0) is 43.0 Å². The second kappa shape index (κ2) is 12.9. The fourth-order valence-electron chi connectivity index (χ4n) is 2.75. The molecule has 0 aliphatic carbocycles. The minimum atomic E-state index is 0. The van der Waals surface area contributed by atoms with E-state index in [-0.39, 0.29) is 36.0 Å². The van der Waals surface area contributed by atoms with Gasteiger partial charge in [0.2, 0.25) is 0 Å². The molecule has 0 spiro atoms. The molecule has 1 heterocycles. The third kappa shape index (κ3) is 9.80. The van der Waals surface area contributed by atoms with Crippen LogP contribution in [0.4, 0.5) is 0 Å². The summed E-state index contributed by atoms with van der Waals surface area (Å²) in [5.41, 5.74) is 0.0406. The van der Waals surface area contributed by atoms with Crippen molar-refractivity contribution in [2.45, 2.75) is 52.9 Å². The molecule has 3 N–H and O–H groups in total. The van der Waals surface area contributed by atoms with Gasteiger partial charge in [-0.3, -0.25) is 4.99 Å². The summed E-state index contributed by atoms with van der Waals surface area (Å²) in [5.74, 6) is 1.98. The minimum Gasteiger partial charge on any atom is -0.396 e. The third-order valence-electron chi connectivity index (χ3n) is 4.07. The van der Waals surface area contributed by atoms with Gasteiger partial charge in [-0.25, -0.2) is 0 Å². The summed E-state index contributed by atoms with van der Waals surface area (Å²) in [6.07, 6.45) is 1.96. The fraction of sp³-hybridized carbons (Fsp3) is 0.737. The van der Waals surface area contributed by atoms with Crippen molar-refractivity contribution in [3.8, 4) is 0 Å². The van der Waals surface area contributed by atoms with Gasteiger partial charge >= 0.3 is 0 Å². The molecule has 1 aromatic rings. The predicted octanol–water partition coefficient (Wildman–Crippen LogP) is 4.24. The molecule has 0 amide bonds. The molecule has 0 aliphatic heterocycles. The molecule has 25 heavy (non-hydrogen) atoms. The molecule has 6 heteroatoms. The van der Waals surface area contributed by atoms with Crippen LogP contribution in [0.3, 0.4) is 0 Å². The average molecular weight is 481 g/mol. The van der Waals surface area contributed by atoms with E-state index in [4.69, 9.17) is 4.99 Å². The molecular weight excluding hydrogens is 445 g/mol. The van der Waals surface area contributed by atoms with Crippen LogP contribution in [0.1, 0.15) is 52.3 Å². The van der Waals surface area contributed by atoms with Crippen LogP contribution in [-0.4, -0.2) is 37.3 Å². The fourth-order valence-corrected chi connectivity index (χ4v) is 3.60. The van der Waals surface area contributed by atoms with Gasteiger partial charge in [0.25, 0.3) is 0 Å². The summed E-state index contributed by atoms with van der Waals surface area (Å²) < 4.78 is 0. The molecule has 1 aromatic heterocycles. The van der Waals surface area contributed by atoms with Crippen molar-refractivity contribution in [3.63, 3.8) is 0 Å². The number of guanidine groups is 1. The Balaban J connectivity index is 0.00000576. The van der Waals surface area contributed by atoms with Crippen molar-refractivity contribution in [2.75, 3.05) is 26.2 Å². The van der Waals surface area contributed by atoms with E-state index in [0.717, 1.165) is 38.4 Å². The Bertz CT molecular complexity index is 475. The second-order valence-electron chi connectivity index (χ2n) is 7.45. The third-order valence-corrected chi connectivity index (χ3v) is 5.30. The molecule has 0 radical (unpaired) electrons. The van der Waals surface area contributed by atoms with Gasteiger partial charge in [0.1, 0.15) is 0 Å². The second-order valence-corrected chi connectivity index (χ2v) is 8.39. The highest BCUT2D eigenvalue weighted by Gasteiger charge is 2.21. The number of aliphatic hydroxyl groups is 1. The van der Waals surface area contributed by atoms with Gasteiger partial charge in [0.05, 0.1) is 6.54 Å². The molecule has 0 saturated carbocycles. The first-order chi connectivity index (χ1) is 11.4. The first-order valence-corrected chi connectivity index (χ1v) is 9.94. The number of hydrogen-bond donors (Lipinski definition) is 3. The van der Waals surface area contributed by atoms with Gasteiger partial charge in [-0.1, -0.05) is 33.8 Å². The van der Waals surface area contributed by atoms with Gasteiger partial charge in [0, 0.05) is 30.0 Å². The maximum absolute atomic E-state index is 9.26. The molecule has 0 aliphatic rings. The van der Waals surface area contributed by atoms with E-state index in [9.17, 15) is 5.11 Å². The quantitative estimate of drug-likeness (QED) is 0.266. The lowest BCUT2D eigenvalue weighted by Crippen LogP contribution is -2.41. The van der Waals surface area contributed by atoms with E-state index < -0.39 is 0 Å². The molecule has 0 saturated heterocycles. The first kappa shape index (κ1) is 24.7. The summed E-state index contributed by atoms with van der Waals surface area (Å²) in [6, 6.07) is 4.28. The highest BCUT2D eigenvalue weighted by Crippen LogP contribution is 2.27. The van der Waals surface area contributed by atoms with Gasteiger partial charge < -0.3 is 15.7 Å². The van der Waals surface area contributed by atoms with Crippen molar-refractivity contribution in [2.24, 2.45) is 16.8 Å². The van der Waals surface area contributed by atoms with Crippen molar-refractivity contribution in [1.29, 1.82) is 0 Å².